The average Bonchev–Trinajstić information content (AvgIpc) is 2.51. The van der Waals surface area contributed by atoms with Crippen LogP contribution < -0.4 is 11.1 Å². The number of thioether (sulfide) groups is 1. The lowest BCUT2D eigenvalue weighted by molar-refractivity contribution is 0.853. The minimum Gasteiger partial charge on any atom is -0.360 e. The summed E-state index contributed by atoms with van der Waals surface area (Å²) in [6.45, 7) is 0. The molecule has 0 radical (unpaired) electrons. The quantitative estimate of drug-likeness (QED) is 0.801. The standard InChI is InChI=1S/C9H8Cl2N2S/c10-5-1-2-6(7(11)3-5)8-4-14-9(12)13-8/h1-4,9,13H,12H2. The largest absolute Gasteiger partial charge is 0.360 e. The van der Waals surface area contributed by atoms with Gasteiger partial charge in [-0.25, -0.2) is 0 Å². The van der Waals surface area contributed by atoms with Crippen LogP contribution in [0.3, 0.4) is 0 Å². The van der Waals surface area contributed by atoms with Crippen LogP contribution in [-0.4, -0.2) is 5.50 Å². The maximum absolute atomic E-state index is 6.04. The van der Waals surface area contributed by atoms with Crippen LogP contribution in [0, 0.1) is 0 Å². The topological polar surface area (TPSA) is 38.0 Å². The monoisotopic (exact) mass is 246 g/mol. The van der Waals surface area contributed by atoms with E-state index in [1.54, 1.807) is 12.1 Å². The second-order valence-electron chi connectivity index (χ2n) is 2.86. The molecule has 0 aromatic heterocycles. The van der Waals surface area contributed by atoms with E-state index in [0.29, 0.717) is 10.0 Å². The molecule has 0 amide bonds. The fraction of sp³-hybridized carbons (Fsp3) is 0.111. The van der Waals surface area contributed by atoms with E-state index in [9.17, 15) is 0 Å². The van der Waals surface area contributed by atoms with E-state index in [4.69, 9.17) is 28.9 Å². The van der Waals surface area contributed by atoms with Crippen molar-refractivity contribution in [3.8, 4) is 0 Å². The summed E-state index contributed by atoms with van der Waals surface area (Å²) in [5, 5.41) is 6.33. The van der Waals surface area contributed by atoms with E-state index in [2.05, 4.69) is 5.32 Å². The Bertz CT molecular complexity index is 392. The molecule has 1 heterocycles. The molecule has 1 atom stereocenters. The second-order valence-corrected chi connectivity index (χ2v) is 4.72. The predicted octanol–water partition coefficient (Wildman–Crippen LogP) is 2.87. The molecule has 3 N–H and O–H groups in total. The third-order valence-electron chi connectivity index (χ3n) is 1.85. The van der Waals surface area contributed by atoms with Gasteiger partial charge in [-0.1, -0.05) is 35.0 Å². The van der Waals surface area contributed by atoms with Crippen LogP contribution in [0.1, 0.15) is 5.56 Å². The van der Waals surface area contributed by atoms with Crippen LogP contribution in [0.25, 0.3) is 5.70 Å². The van der Waals surface area contributed by atoms with Gasteiger partial charge in [0, 0.05) is 10.6 Å². The SMILES string of the molecule is NC1NC(c2ccc(Cl)cc2Cl)=CS1. The van der Waals surface area contributed by atoms with Gasteiger partial charge in [-0.2, -0.15) is 0 Å². The lowest BCUT2D eigenvalue weighted by Crippen LogP contribution is -2.28. The van der Waals surface area contributed by atoms with E-state index in [0.717, 1.165) is 11.3 Å². The van der Waals surface area contributed by atoms with E-state index < -0.39 is 0 Å². The van der Waals surface area contributed by atoms with Crippen LogP contribution in [0.15, 0.2) is 23.6 Å². The highest BCUT2D eigenvalue weighted by molar-refractivity contribution is 8.03. The van der Waals surface area contributed by atoms with E-state index in [1.165, 1.54) is 11.8 Å². The summed E-state index contributed by atoms with van der Waals surface area (Å²) in [7, 11) is 0. The maximum atomic E-state index is 6.04. The fourth-order valence-corrected chi connectivity index (χ4v) is 2.39. The van der Waals surface area contributed by atoms with Gasteiger partial charge in [0.2, 0.25) is 0 Å². The van der Waals surface area contributed by atoms with Crippen molar-refractivity contribution in [1.29, 1.82) is 0 Å². The highest BCUT2D eigenvalue weighted by Gasteiger charge is 2.15. The third-order valence-corrected chi connectivity index (χ3v) is 3.18. The van der Waals surface area contributed by atoms with Gasteiger partial charge in [0.1, 0.15) is 5.50 Å². The van der Waals surface area contributed by atoms with Crippen molar-refractivity contribution in [1.82, 2.24) is 5.32 Å². The molecule has 74 valence electrons. The molecule has 2 nitrogen and oxygen atoms in total. The zero-order chi connectivity index (χ0) is 10.1. The summed E-state index contributed by atoms with van der Waals surface area (Å²) in [5.74, 6) is 0. The molecule has 0 spiro atoms. The first kappa shape index (κ1) is 10.2. The number of hydrogen-bond acceptors (Lipinski definition) is 3. The molecule has 1 unspecified atom stereocenters. The highest BCUT2D eigenvalue weighted by Crippen LogP contribution is 2.30. The minimum atomic E-state index is -0.0863. The Morgan fingerprint density at radius 2 is 2.14 bits per heavy atom. The van der Waals surface area contributed by atoms with Crippen molar-refractivity contribution >= 4 is 40.7 Å². The van der Waals surface area contributed by atoms with Gasteiger partial charge in [0.15, 0.2) is 0 Å². The molecule has 1 aromatic carbocycles. The second kappa shape index (κ2) is 4.03. The molecule has 2 rings (SSSR count). The van der Waals surface area contributed by atoms with Crippen LogP contribution in [0.4, 0.5) is 0 Å². The van der Waals surface area contributed by atoms with Gasteiger partial charge in [0.05, 0.1) is 10.7 Å². The molecule has 0 bridgehead atoms. The van der Waals surface area contributed by atoms with Gasteiger partial charge < -0.3 is 11.1 Å². The molecular weight excluding hydrogens is 239 g/mol. The van der Waals surface area contributed by atoms with Gasteiger partial charge in [-0.3, -0.25) is 0 Å². The number of hydrogen-bond donors (Lipinski definition) is 2. The van der Waals surface area contributed by atoms with Gasteiger partial charge in [0.25, 0.3) is 0 Å². The van der Waals surface area contributed by atoms with Gasteiger partial charge in [-0.05, 0) is 23.6 Å². The van der Waals surface area contributed by atoms with Gasteiger partial charge >= 0.3 is 0 Å². The van der Waals surface area contributed by atoms with Crippen LogP contribution in [0.2, 0.25) is 10.0 Å². The molecule has 5 heteroatoms. The summed E-state index contributed by atoms with van der Waals surface area (Å²) < 4.78 is 0. The molecule has 14 heavy (non-hydrogen) atoms. The predicted molar refractivity (Wildman–Crippen MR) is 63.1 cm³/mol. The van der Waals surface area contributed by atoms with Crippen molar-refractivity contribution in [3.05, 3.63) is 39.2 Å². The molecule has 0 fully saturated rings. The van der Waals surface area contributed by atoms with E-state index in [1.807, 2.05) is 11.5 Å². The number of rotatable bonds is 1. The van der Waals surface area contributed by atoms with Crippen molar-refractivity contribution < 1.29 is 0 Å². The Morgan fingerprint density at radius 1 is 1.36 bits per heavy atom. The molecule has 0 saturated heterocycles. The van der Waals surface area contributed by atoms with Crippen LogP contribution >= 0.6 is 35.0 Å². The van der Waals surface area contributed by atoms with E-state index in [-0.39, 0.29) is 5.50 Å². The molecule has 1 aliphatic heterocycles. The Morgan fingerprint density at radius 3 is 2.71 bits per heavy atom. The van der Waals surface area contributed by atoms with Crippen molar-refractivity contribution in [2.75, 3.05) is 0 Å². The summed E-state index contributed by atoms with van der Waals surface area (Å²) in [5.41, 5.74) is 7.46. The lowest BCUT2D eigenvalue weighted by Gasteiger charge is -2.09. The zero-order valence-electron chi connectivity index (χ0n) is 7.13. The summed E-state index contributed by atoms with van der Waals surface area (Å²) in [6, 6.07) is 5.40. The summed E-state index contributed by atoms with van der Waals surface area (Å²) in [4.78, 5) is 0. The number of nitrogens with one attached hydrogen (secondary N) is 1. The first-order valence-corrected chi connectivity index (χ1v) is 5.70. The summed E-state index contributed by atoms with van der Waals surface area (Å²) in [6.07, 6.45) is 0. The Kier molecular flexibility index (Phi) is 2.93. The first-order valence-electron chi connectivity index (χ1n) is 4.00. The smallest absolute Gasteiger partial charge is 0.127 e. The van der Waals surface area contributed by atoms with Crippen molar-refractivity contribution in [3.63, 3.8) is 0 Å². The Balaban J connectivity index is 2.33. The molecular formula is C9H8Cl2N2S. The lowest BCUT2D eigenvalue weighted by atomic mass is 10.2. The van der Waals surface area contributed by atoms with Crippen molar-refractivity contribution in [2.24, 2.45) is 5.73 Å². The molecule has 0 saturated carbocycles. The molecule has 0 aliphatic carbocycles. The van der Waals surface area contributed by atoms with Crippen LogP contribution in [0.5, 0.6) is 0 Å². The number of nitrogens with two attached hydrogens (primary N) is 1. The highest BCUT2D eigenvalue weighted by atomic mass is 35.5. The zero-order valence-corrected chi connectivity index (χ0v) is 9.46. The Hall–Kier alpha value is -0.350. The number of halogens is 2. The van der Waals surface area contributed by atoms with Gasteiger partial charge in [-0.15, -0.1) is 0 Å². The maximum Gasteiger partial charge on any atom is 0.127 e. The minimum absolute atomic E-state index is 0.0863. The van der Waals surface area contributed by atoms with Crippen LogP contribution in [-0.2, 0) is 0 Å². The first-order chi connectivity index (χ1) is 6.66. The summed E-state index contributed by atoms with van der Waals surface area (Å²) >= 11 is 13.4. The Labute approximate surface area is 96.5 Å². The fourth-order valence-electron chi connectivity index (χ4n) is 1.21. The normalized spacial score (nSPS) is 20.5. The molecule has 1 aliphatic rings. The van der Waals surface area contributed by atoms with E-state index >= 15 is 0 Å². The van der Waals surface area contributed by atoms with Crippen molar-refractivity contribution in [2.45, 2.75) is 5.50 Å². The third kappa shape index (κ3) is 2.01. The average molecular weight is 247 g/mol. The molecule has 1 aromatic rings. The number of benzene rings is 1.